The first-order valence-electron chi connectivity index (χ1n) is 5.95. The van der Waals surface area contributed by atoms with Gasteiger partial charge >= 0.3 is 0 Å². The summed E-state index contributed by atoms with van der Waals surface area (Å²) in [5.41, 5.74) is 0.855. The maximum absolute atomic E-state index is 12.1. The third-order valence-electron chi connectivity index (χ3n) is 2.65. The molecule has 5 nitrogen and oxygen atoms in total. The molecule has 0 aliphatic carbocycles. The first-order chi connectivity index (χ1) is 8.85. The second-order valence-electron chi connectivity index (χ2n) is 4.36. The molecule has 0 fully saturated rings. The van der Waals surface area contributed by atoms with Gasteiger partial charge in [0.1, 0.15) is 0 Å². The van der Waals surface area contributed by atoms with Crippen molar-refractivity contribution in [3.05, 3.63) is 24.3 Å². The average Bonchev–Trinajstić information content (AvgIpc) is 2.36. The summed E-state index contributed by atoms with van der Waals surface area (Å²) in [7, 11) is -2.64. The summed E-state index contributed by atoms with van der Waals surface area (Å²) in [6, 6.07) is 6.29. The SMILES string of the molecule is CNc1ccc(S(=O)(=O)NC(C)CCS(C)=O)cc1. The standard InChI is InChI=1S/C12H20N2O3S2/c1-10(8-9-18(3)15)14-19(16,17)12-6-4-11(13-2)5-7-12/h4-7,10,13-14H,8-9H2,1-3H3. The quantitative estimate of drug-likeness (QED) is 0.793. The normalized spacial score (nSPS) is 14.9. The summed E-state index contributed by atoms with van der Waals surface area (Å²) in [6.45, 7) is 1.77. The molecule has 1 rings (SSSR count). The number of nitrogens with one attached hydrogen (secondary N) is 2. The number of anilines is 1. The monoisotopic (exact) mass is 304 g/mol. The van der Waals surface area contributed by atoms with Gasteiger partial charge in [-0.05, 0) is 37.6 Å². The predicted molar refractivity (Wildman–Crippen MR) is 79.3 cm³/mol. The minimum atomic E-state index is -3.51. The minimum absolute atomic E-state index is 0.232. The number of hydrogen-bond acceptors (Lipinski definition) is 4. The second-order valence-corrected chi connectivity index (χ2v) is 7.63. The van der Waals surface area contributed by atoms with Crippen molar-refractivity contribution in [2.24, 2.45) is 0 Å². The predicted octanol–water partition coefficient (Wildman–Crippen LogP) is 1.16. The van der Waals surface area contributed by atoms with E-state index in [0.717, 1.165) is 5.69 Å². The fourth-order valence-corrected chi connectivity index (χ4v) is 3.50. The maximum atomic E-state index is 12.1. The summed E-state index contributed by atoms with van der Waals surface area (Å²) >= 11 is 0. The lowest BCUT2D eigenvalue weighted by Crippen LogP contribution is -2.33. The Morgan fingerprint density at radius 1 is 1.26 bits per heavy atom. The van der Waals surface area contributed by atoms with Gasteiger partial charge in [-0.2, -0.15) is 0 Å². The van der Waals surface area contributed by atoms with Gasteiger partial charge in [0.05, 0.1) is 4.90 Å². The van der Waals surface area contributed by atoms with Crippen LogP contribution in [0.3, 0.4) is 0 Å². The summed E-state index contributed by atoms with van der Waals surface area (Å²) < 4.78 is 37.7. The molecular formula is C12H20N2O3S2. The first-order valence-corrected chi connectivity index (χ1v) is 9.16. The Bertz CT molecular complexity index is 526. The van der Waals surface area contributed by atoms with E-state index in [0.29, 0.717) is 12.2 Å². The molecule has 0 heterocycles. The van der Waals surface area contributed by atoms with Crippen LogP contribution >= 0.6 is 0 Å². The molecule has 0 spiro atoms. The molecule has 0 aliphatic heterocycles. The van der Waals surface area contributed by atoms with Crippen LogP contribution < -0.4 is 10.0 Å². The van der Waals surface area contributed by atoms with Crippen LogP contribution in [0.25, 0.3) is 0 Å². The highest BCUT2D eigenvalue weighted by Crippen LogP contribution is 2.14. The van der Waals surface area contributed by atoms with E-state index in [1.807, 2.05) is 0 Å². The molecule has 2 N–H and O–H groups in total. The molecule has 0 aromatic heterocycles. The number of hydrogen-bond donors (Lipinski definition) is 2. The van der Waals surface area contributed by atoms with Crippen LogP contribution in [0.1, 0.15) is 13.3 Å². The van der Waals surface area contributed by atoms with Crippen LogP contribution in [0.5, 0.6) is 0 Å². The number of rotatable bonds is 7. The summed E-state index contributed by atoms with van der Waals surface area (Å²) in [4.78, 5) is 0.232. The fraction of sp³-hybridized carbons (Fsp3) is 0.500. The highest BCUT2D eigenvalue weighted by atomic mass is 32.2. The van der Waals surface area contributed by atoms with Crippen molar-refractivity contribution < 1.29 is 12.6 Å². The van der Waals surface area contributed by atoms with Crippen LogP contribution in [0, 0.1) is 0 Å². The lowest BCUT2D eigenvalue weighted by Gasteiger charge is -2.13. The van der Waals surface area contributed by atoms with Crippen LogP contribution in [-0.2, 0) is 20.8 Å². The largest absolute Gasteiger partial charge is 0.388 e. The molecule has 108 valence electrons. The van der Waals surface area contributed by atoms with Crippen molar-refractivity contribution in [1.82, 2.24) is 4.72 Å². The maximum Gasteiger partial charge on any atom is 0.240 e. The smallest absolute Gasteiger partial charge is 0.240 e. The molecule has 2 unspecified atom stereocenters. The van der Waals surface area contributed by atoms with Crippen LogP contribution in [-0.4, -0.2) is 37.7 Å². The van der Waals surface area contributed by atoms with Crippen molar-refractivity contribution >= 4 is 26.5 Å². The van der Waals surface area contributed by atoms with Crippen LogP contribution in [0.15, 0.2) is 29.2 Å². The van der Waals surface area contributed by atoms with Gasteiger partial charge < -0.3 is 5.32 Å². The zero-order chi connectivity index (χ0) is 14.5. The van der Waals surface area contributed by atoms with Crippen molar-refractivity contribution in [2.45, 2.75) is 24.3 Å². The molecule has 7 heteroatoms. The Labute approximate surface area is 117 Å². The summed E-state index contributed by atoms with van der Waals surface area (Å²) in [6.07, 6.45) is 2.16. The van der Waals surface area contributed by atoms with Gasteiger partial charge in [0.2, 0.25) is 10.0 Å². The van der Waals surface area contributed by atoms with Crippen LogP contribution in [0.4, 0.5) is 5.69 Å². The van der Waals surface area contributed by atoms with Gasteiger partial charge in [-0.1, -0.05) is 0 Å². The molecule has 0 radical (unpaired) electrons. The lowest BCUT2D eigenvalue weighted by atomic mass is 10.3. The molecular weight excluding hydrogens is 284 g/mol. The average molecular weight is 304 g/mol. The Kier molecular flexibility index (Phi) is 5.96. The Balaban J connectivity index is 2.71. The molecule has 19 heavy (non-hydrogen) atoms. The van der Waals surface area contributed by atoms with E-state index in [-0.39, 0.29) is 10.9 Å². The van der Waals surface area contributed by atoms with E-state index < -0.39 is 20.8 Å². The summed E-state index contributed by atoms with van der Waals surface area (Å²) in [5, 5.41) is 2.93. The minimum Gasteiger partial charge on any atom is -0.388 e. The molecule has 0 bridgehead atoms. The Hall–Kier alpha value is -0.920. The highest BCUT2D eigenvalue weighted by Gasteiger charge is 2.17. The molecule has 0 amide bonds. The van der Waals surface area contributed by atoms with Gasteiger partial charge in [0.15, 0.2) is 0 Å². The zero-order valence-electron chi connectivity index (χ0n) is 11.3. The van der Waals surface area contributed by atoms with Crippen molar-refractivity contribution in [3.63, 3.8) is 0 Å². The van der Waals surface area contributed by atoms with E-state index >= 15 is 0 Å². The Morgan fingerprint density at radius 2 is 1.84 bits per heavy atom. The van der Waals surface area contributed by atoms with Gasteiger partial charge in [-0.3, -0.25) is 4.21 Å². The molecule has 2 atom stereocenters. The molecule has 0 aliphatic rings. The molecule has 1 aromatic carbocycles. The second kappa shape index (κ2) is 7.02. The van der Waals surface area contributed by atoms with Gasteiger partial charge in [-0.25, -0.2) is 13.1 Å². The van der Waals surface area contributed by atoms with Crippen molar-refractivity contribution in [3.8, 4) is 0 Å². The van der Waals surface area contributed by atoms with E-state index in [1.54, 1.807) is 44.5 Å². The lowest BCUT2D eigenvalue weighted by molar-refractivity contribution is 0.556. The van der Waals surface area contributed by atoms with E-state index in [1.165, 1.54) is 0 Å². The third-order valence-corrected chi connectivity index (χ3v) is 5.06. The van der Waals surface area contributed by atoms with Gasteiger partial charge in [0.25, 0.3) is 0 Å². The molecule has 1 aromatic rings. The number of sulfonamides is 1. The van der Waals surface area contributed by atoms with Crippen molar-refractivity contribution in [1.29, 1.82) is 0 Å². The Morgan fingerprint density at radius 3 is 2.32 bits per heavy atom. The van der Waals surface area contributed by atoms with E-state index in [4.69, 9.17) is 0 Å². The molecule has 0 saturated heterocycles. The van der Waals surface area contributed by atoms with E-state index in [9.17, 15) is 12.6 Å². The summed E-state index contributed by atoms with van der Waals surface area (Å²) in [5.74, 6) is 0.488. The highest BCUT2D eigenvalue weighted by molar-refractivity contribution is 7.89. The topological polar surface area (TPSA) is 75.3 Å². The molecule has 0 saturated carbocycles. The van der Waals surface area contributed by atoms with Gasteiger partial charge in [-0.15, -0.1) is 0 Å². The van der Waals surface area contributed by atoms with E-state index in [2.05, 4.69) is 10.0 Å². The van der Waals surface area contributed by atoms with Crippen molar-refractivity contribution in [2.75, 3.05) is 24.4 Å². The number of benzene rings is 1. The zero-order valence-corrected chi connectivity index (χ0v) is 13.0. The third kappa shape index (κ3) is 5.30. The van der Waals surface area contributed by atoms with Crippen LogP contribution in [0.2, 0.25) is 0 Å². The van der Waals surface area contributed by atoms with Gasteiger partial charge in [0, 0.05) is 41.6 Å². The first kappa shape index (κ1) is 16.1. The fourth-order valence-electron chi connectivity index (χ4n) is 1.54.